The SMILES string of the molecule is Cc1ccccc1-n1nnnc1C(Cl)(Cl)c1nnnn1-c1ccccc1C. The monoisotopic (exact) mass is 400 g/mol. The lowest BCUT2D eigenvalue weighted by molar-refractivity contribution is 0.700. The molecule has 0 saturated heterocycles. The van der Waals surface area contributed by atoms with E-state index in [0.29, 0.717) is 0 Å². The standard InChI is InChI=1S/C17H14Cl2N8/c1-11-7-3-5-9-13(11)26-15(20-22-24-26)17(18,19)16-21-23-25-27(16)14-10-6-4-8-12(14)2/h3-10H,1-2H3. The molecule has 0 radical (unpaired) electrons. The minimum absolute atomic E-state index is 0.199. The van der Waals surface area contributed by atoms with E-state index in [0.717, 1.165) is 22.5 Å². The largest absolute Gasteiger partial charge is 0.240 e. The third kappa shape index (κ3) is 2.96. The van der Waals surface area contributed by atoms with Crippen molar-refractivity contribution >= 4 is 23.2 Å². The minimum atomic E-state index is -1.68. The van der Waals surface area contributed by atoms with Crippen molar-refractivity contribution in [2.45, 2.75) is 18.2 Å². The van der Waals surface area contributed by atoms with Gasteiger partial charge >= 0.3 is 0 Å². The average molecular weight is 401 g/mol. The molecule has 4 rings (SSSR count). The van der Waals surface area contributed by atoms with Gasteiger partial charge in [-0.1, -0.05) is 59.6 Å². The van der Waals surface area contributed by atoms with Crippen LogP contribution in [0.5, 0.6) is 0 Å². The van der Waals surface area contributed by atoms with Crippen LogP contribution in [0.1, 0.15) is 22.8 Å². The van der Waals surface area contributed by atoms with Gasteiger partial charge < -0.3 is 0 Å². The summed E-state index contributed by atoms with van der Waals surface area (Å²) in [7, 11) is 0. The molecular weight excluding hydrogens is 387 g/mol. The summed E-state index contributed by atoms with van der Waals surface area (Å²) in [5, 5.41) is 23.7. The van der Waals surface area contributed by atoms with Gasteiger partial charge in [-0.2, -0.15) is 9.36 Å². The van der Waals surface area contributed by atoms with Gasteiger partial charge in [0.15, 0.2) is 0 Å². The topological polar surface area (TPSA) is 87.2 Å². The first-order valence-electron chi connectivity index (χ1n) is 8.07. The van der Waals surface area contributed by atoms with Crippen LogP contribution < -0.4 is 0 Å². The van der Waals surface area contributed by atoms with Crippen LogP contribution in [-0.2, 0) is 4.33 Å². The quantitative estimate of drug-likeness (QED) is 0.489. The van der Waals surface area contributed by atoms with Gasteiger partial charge in [-0.25, -0.2) is 0 Å². The number of para-hydroxylation sites is 2. The maximum absolute atomic E-state index is 6.72. The van der Waals surface area contributed by atoms with Gasteiger partial charge in [-0.3, -0.25) is 0 Å². The summed E-state index contributed by atoms with van der Waals surface area (Å²) >= 11 is 13.4. The third-order valence-corrected chi connectivity index (χ3v) is 4.86. The molecule has 0 saturated carbocycles. The second-order valence-corrected chi connectivity index (χ2v) is 7.30. The summed E-state index contributed by atoms with van der Waals surface area (Å²) in [5.74, 6) is 0.398. The lowest BCUT2D eigenvalue weighted by Gasteiger charge is -2.19. The molecule has 0 unspecified atom stereocenters. The maximum Gasteiger partial charge on any atom is 0.240 e. The van der Waals surface area contributed by atoms with Gasteiger partial charge in [0.25, 0.3) is 0 Å². The first-order valence-corrected chi connectivity index (χ1v) is 8.83. The van der Waals surface area contributed by atoms with Gasteiger partial charge in [-0.15, -0.1) is 10.2 Å². The summed E-state index contributed by atoms with van der Waals surface area (Å²) in [6, 6.07) is 15.3. The van der Waals surface area contributed by atoms with E-state index >= 15 is 0 Å². The number of rotatable bonds is 4. The highest BCUT2D eigenvalue weighted by Crippen LogP contribution is 2.39. The van der Waals surface area contributed by atoms with Gasteiger partial charge in [0.1, 0.15) is 0 Å². The molecule has 0 spiro atoms. The van der Waals surface area contributed by atoms with Crippen molar-refractivity contribution in [3.05, 3.63) is 71.3 Å². The van der Waals surface area contributed by atoms with Crippen LogP contribution >= 0.6 is 23.2 Å². The molecule has 0 aliphatic rings. The number of aryl methyl sites for hydroxylation is 2. The van der Waals surface area contributed by atoms with Crippen LogP contribution in [0.15, 0.2) is 48.5 Å². The number of benzene rings is 2. The smallest absolute Gasteiger partial charge is 0.193 e. The Morgan fingerprint density at radius 2 is 1.11 bits per heavy atom. The molecule has 2 aromatic carbocycles. The van der Waals surface area contributed by atoms with E-state index in [1.165, 1.54) is 9.36 Å². The Balaban J connectivity index is 1.86. The Hall–Kier alpha value is -2.84. The average Bonchev–Trinajstić information content (AvgIpc) is 3.33. The van der Waals surface area contributed by atoms with Gasteiger partial charge in [0, 0.05) is 0 Å². The molecule has 0 atom stereocenters. The second-order valence-electron chi connectivity index (χ2n) is 5.98. The maximum atomic E-state index is 6.72. The molecule has 0 bridgehead atoms. The number of tetrazole rings is 2. The zero-order chi connectivity index (χ0) is 19.0. The van der Waals surface area contributed by atoms with Crippen LogP contribution in [-0.4, -0.2) is 40.4 Å². The molecule has 136 valence electrons. The highest BCUT2D eigenvalue weighted by molar-refractivity contribution is 6.49. The van der Waals surface area contributed by atoms with E-state index in [4.69, 9.17) is 23.2 Å². The van der Waals surface area contributed by atoms with Crippen LogP contribution in [0, 0.1) is 13.8 Å². The van der Waals surface area contributed by atoms with Crippen LogP contribution in [0.2, 0.25) is 0 Å². The number of halogens is 2. The van der Waals surface area contributed by atoms with Crippen molar-refractivity contribution in [2.24, 2.45) is 0 Å². The van der Waals surface area contributed by atoms with Gasteiger partial charge in [0.05, 0.1) is 11.4 Å². The predicted octanol–water partition coefficient (Wildman–Crippen LogP) is 2.93. The molecule has 0 aliphatic heterocycles. The van der Waals surface area contributed by atoms with Gasteiger partial charge in [-0.05, 0) is 58.0 Å². The molecule has 4 aromatic rings. The lowest BCUT2D eigenvalue weighted by Crippen LogP contribution is -2.24. The molecule has 0 fully saturated rings. The fourth-order valence-corrected chi connectivity index (χ4v) is 3.26. The minimum Gasteiger partial charge on any atom is -0.193 e. The Morgan fingerprint density at radius 3 is 1.52 bits per heavy atom. The first-order chi connectivity index (χ1) is 13.0. The predicted molar refractivity (Wildman–Crippen MR) is 100 cm³/mol. The number of nitrogens with zero attached hydrogens (tertiary/aromatic N) is 8. The molecule has 2 heterocycles. The summed E-state index contributed by atoms with van der Waals surface area (Å²) in [4.78, 5) is 0. The third-order valence-electron chi connectivity index (χ3n) is 4.19. The number of aromatic nitrogens is 8. The molecule has 8 nitrogen and oxygen atoms in total. The molecule has 0 amide bonds. The van der Waals surface area contributed by atoms with E-state index in [1.54, 1.807) is 0 Å². The van der Waals surface area contributed by atoms with E-state index in [2.05, 4.69) is 31.1 Å². The Labute approximate surface area is 164 Å². The molecular formula is C17H14Cl2N8. The Morgan fingerprint density at radius 1 is 0.704 bits per heavy atom. The lowest BCUT2D eigenvalue weighted by atomic mass is 10.2. The molecule has 2 aromatic heterocycles. The highest BCUT2D eigenvalue weighted by atomic mass is 35.5. The zero-order valence-corrected chi connectivity index (χ0v) is 16.0. The molecule has 0 N–H and O–H groups in total. The Bertz CT molecular complexity index is 1020. The van der Waals surface area contributed by atoms with E-state index in [-0.39, 0.29) is 11.6 Å². The number of alkyl halides is 2. The van der Waals surface area contributed by atoms with Crippen LogP contribution in [0.25, 0.3) is 11.4 Å². The van der Waals surface area contributed by atoms with Crippen LogP contribution in [0.3, 0.4) is 0 Å². The summed E-state index contributed by atoms with van der Waals surface area (Å²) in [6.45, 7) is 3.89. The molecule has 10 heteroatoms. The molecule has 27 heavy (non-hydrogen) atoms. The van der Waals surface area contributed by atoms with E-state index in [9.17, 15) is 0 Å². The van der Waals surface area contributed by atoms with Crippen LogP contribution in [0.4, 0.5) is 0 Å². The highest BCUT2D eigenvalue weighted by Gasteiger charge is 2.42. The van der Waals surface area contributed by atoms with Gasteiger partial charge in [0.2, 0.25) is 16.0 Å². The summed E-state index contributed by atoms with van der Waals surface area (Å²) < 4.78 is 1.30. The summed E-state index contributed by atoms with van der Waals surface area (Å²) in [6.07, 6.45) is 0. The van der Waals surface area contributed by atoms with E-state index in [1.807, 2.05) is 62.4 Å². The molecule has 0 aliphatic carbocycles. The van der Waals surface area contributed by atoms with Crippen molar-refractivity contribution in [1.82, 2.24) is 40.4 Å². The van der Waals surface area contributed by atoms with Crippen molar-refractivity contribution < 1.29 is 0 Å². The van der Waals surface area contributed by atoms with Crippen molar-refractivity contribution in [3.8, 4) is 11.4 Å². The second kappa shape index (κ2) is 6.71. The first kappa shape index (κ1) is 17.6. The van der Waals surface area contributed by atoms with Crippen molar-refractivity contribution in [1.29, 1.82) is 0 Å². The Kier molecular flexibility index (Phi) is 4.37. The van der Waals surface area contributed by atoms with Crippen molar-refractivity contribution in [2.75, 3.05) is 0 Å². The number of hydrogen-bond acceptors (Lipinski definition) is 6. The van der Waals surface area contributed by atoms with E-state index < -0.39 is 4.33 Å². The van der Waals surface area contributed by atoms with Crippen molar-refractivity contribution in [3.63, 3.8) is 0 Å². The fraction of sp³-hybridized carbons (Fsp3) is 0.176. The number of hydrogen-bond donors (Lipinski definition) is 0. The zero-order valence-electron chi connectivity index (χ0n) is 14.5. The fourth-order valence-electron chi connectivity index (χ4n) is 2.79. The normalized spacial score (nSPS) is 11.7. The summed E-state index contributed by atoms with van der Waals surface area (Å²) in [5.41, 5.74) is 3.46.